The first-order chi connectivity index (χ1) is 14.6. The van der Waals surface area contributed by atoms with Gasteiger partial charge in [-0.1, -0.05) is 91.0 Å². The molecule has 4 aromatic rings. The van der Waals surface area contributed by atoms with Gasteiger partial charge in [-0.3, -0.25) is 4.79 Å². The number of carboxylic acids is 1. The number of hydrogen-bond acceptors (Lipinski definition) is 3. The Morgan fingerprint density at radius 2 is 1.30 bits per heavy atom. The molecule has 1 aromatic heterocycles. The zero-order valence-corrected chi connectivity index (χ0v) is 16.4. The Bertz CT molecular complexity index is 1010. The molecule has 0 unspecified atom stereocenters. The summed E-state index contributed by atoms with van der Waals surface area (Å²) in [7, 11) is 0. The molecule has 0 radical (unpaired) electrons. The van der Waals surface area contributed by atoms with Gasteiger partial charge in [-0.05, 0) is 16.7 Å². The molecule has 0 aliphatic rings. The number of carboxylic acid groups (broad SMARTS) is 1. The SMILES string of the molecule is N[C@@H](Cc1cncn1C(c1ccccc1)(c1ccccc1)c1ccccc1)C(=O)O. The second-order valence-corrected chi connectivity index (χ2v) is 7.21. The van der Waals surface area contributed by atoms with Crippen molar-refractivity contribution in [3.8, 4) is 0 Å². The summed E-state index contributed by atoms with van der Waals surface area (Å²) >= 11 is 0. The van der Waals surface area contributed by atoms with Crippen molar-refractivity contribution in [2.45, 2.75) is 18.0 Å². The minimum atomic E-state index is -1.03. The lowest BCUT2D eigenvalue weighted by molar-refractivity contribution is -0.138. The first-order valence-electron chi connectivity index (χ1n) is 9.80. The van der Waals surface area contributed by atoms with Crippen LogP contribution in [0.4, 0.5) is 0 Å². The quantitative estimate of drug-likeness (QED) is 0.466. The summed E-state index contributed by atoms with van der Waals surface area (Å²) in [5.41, 5.74) is 9.06. The van der Waals surface area contributed by atoms with Crippen molar-refractivity contribution in [1.29, 1.82) is 0 Å². The van der Waals surface area contributed by atoms with Crippen molar-refractivity contribution in [2.24, 2.45) is 5.73 Å². The number of nitrogens with two attached hydrogens (primary N) is 1. The van der Waals surface area contributed by atoms with Crippen LogP contribution in [0.1, 0.15) is 22.4 Å². The van der Waals surface area contributed by atoms with Crippen molar-refractivity contribution in [1.82, 2.24) is 9.55 Å². The van der Waals surface area contributed by atoms with E-state index in [1.54, 1.807) is 12.5 Å². The van der Waals surface area contributed by atoms with Crippen LogP contribution in [-0.2, 0) is 16.8 Å². The van der Waals surface area contributed by atoms with E-state index >= 15 is 0 Å². The average Bonchev–Trinajstić information content (AvgIpc) is 3.25. The highest BCUT2D eigenvalue weighted by Crippen LogP contribution is 2.41. The van der Waals surface area contributed by atoms with E-state index in [2.05, 4.69) is 45.9 Å². The second kappa shape index (κ2) is 8.35. The molecule has 4 rings (SSSR count). The second-order valence-electron chi connectivity index (χ2n) is 7.21. The highest BCUT2D eigenvalue weighted by Gasteiger charge is 2.39. The molecule has 1 heterocycles. The Balaban J connectivity index is 2.05. The van der Waals surface area contributed by atoms with Gasteiger partial charge >= 0.3 is 5.97 Å². The lowest BCUT2D eigenvalue weighted by Crippen LogP contribution is -2.40. The van der Waals surface area contributed by atoms with Crippen molar-refractivity contribution in [3.63, 3.8) is 0 Å². The normalized spacial score (nSPS) is 12.4. The number of carbonyl (C=O) groups is 1. The number of benzene rings is 3. The van der Waals surface area contributed by atoms with Gasteiger partial charge in [-0.25, -0.2) is 4.98 Å². The minimum Gasteiger partial charge on any atom is -0.480 e. The van der Waals surface area contributed by atoms with Crippen LogP contribution in [0.3, 0.4) is 0 Å². The number of rotatable bonds is 7. The van der Waals surface area contributed by atoms with Gasteiger partial charge in [0.1, 0.15) is 11.6 Å². The summed E-state index contributed by atoms with van der Waals surface area (Å²) in [4.78, 5) is 15.8. The van der Waals surface area contributed by atoms with Crippen LogP contribution in [0.15, 0.2) is 104 Å². The molecule has 0 aliphatic heterocycles. The molecule has 0 aliphatic carbocycles. The number of nitrogens with zero attached hydrogens (tertiary/aromatic N) is 2. The van der Waals surface area contributed by atoms with Crippen LogP contribution in [0.25, 0.3) is 0 Å². The Labute approximate surface area is 175 Å². The van der Waals surface area contributed by atoms with E-state index in [-0.39, 0.29) is 6.42 Å². The van der Waals surface area contributed by atoms with Crippen molar-refractivity contribution in [2.75, 3.05) is 0 Å². The molecule has 3 N–H and O–H groups in total. The highest BCUT2D eigenvalue weighted by molar-refractivity contribution is 5.73. The fraction of sp³-hybridized carbons (Fsp3) is 0.120. The van der Waals surface area contributed by atoms with Gasteiger partial charge in [0.05, 0.1) is 6.33 Å². The Kier molecular flexibility index (Phi) is 5.46. The fourth-order valence-corrected chi connectivity index (χ4v) is 4.04. The minimum absolute atomic E-state index is 0.170. The molecule has 5 heteroatoms. The van der Waals surface area contributed by atoms with E-state index < -0.39 is 17.6 Å². The maximum Gasteiger partial charge on any atom is 0.320 e. The summed E-state index contributed by atoms with van der Waals surface area (Å²) < 4.78 is 2.05. The largest absolute Gasteiger partial charge is 0.480 e. The fourth-order valence-electron chi connectivity index (χ4n) is 4.04. The van der Waals surface area contributed by atoms with Crippen molar-refractivity contribution >= 4 is 5.97 Å². The zero-order valence-electron chi connectivity index (χ0n) is 16.4. The predicted octanol–water partition coefficient (Wildman–Crippen LogP) is 3.68. The lowest BCUT2D eigenvalue weighted by atomic mass is 9.76. The smallest absolute Gasteiger partial charge is 0.320 e. The number of aliphatic carboxylic acids is 1. The molecule has 5 nitrogen and oxygen atoms in total. The summed E-state index contributed by atoms with van der Waals surface area (Å²) in [5.74, 6) is -1.03. The number of aromatic nitrogens is 2. The molecule has 0 fully saturated rings. The summed E-state index contributed by atoms with van der Waals surface area (Å²) in [6.07, 6.45) is 3.63. The molecule has 1 atom stereocenters. The molecule has 0 saturated carbocycles. The molecule has 150 valence electrons. The molecular weight excluding hydrogens is 374 g/mol. The molecule has 0 spiro atoms. The Morgan fingerprint density at radius 3 is 1.70 bits per heavy atom. The molecule has 3 aromatic carbocycles. The van der Waals surface area contributed by atoms with Crippen LogP contribution < -0.4 is 5.73 Å². The number of hydrogen-bond donors (Lipinski definition) is 2. The summed E-state index contributed by atoms with van der Waals surface area (Å²) in [5, 5.41) is 9.37. The zero-order chi connectivity index (χ0) is 21.0. The third kappa shape index (κ3) is 3.40. The number of imidazole rings is 1. The van der Waals surface area contributed by atoms with Crippen LogP contribution >= 0.6 is 0 Å². The van der Waals surface area contributed by atoms with Crippen LogP contribution in [-0.4, -0.2) is 26.7 Å². The average molecular weight is 397 g/mol. The first-order valence-corrected chi connectivity index (χ1v) is 9.80. The van der Waals surface area contributed by atoms with E-state index in [4.69, 9.17) is 5.73 Å². The predicted molar refractivity (Wildman–Crippen MR) is 116 cm³/mol. The molecule has 0 saturated heterocycles. The molecule has 30 heavy (non-hydrogen) atoms. The van der Waals surface area contributed by atoms with Crippen molar-refractivity contribution in [3.05, 3.63) is 126 Å². The van der Waals surface area contributed by atoms with Gasteiger partial charge in [0.2, 0.25) is 0 Å². The molecular formula is C25H23N3O2. The van der Waals surface area contributed by atoms with E-state index in [1.807, 2.05) is 54.6 Å². The van der Waals surface area contributed by atoms with E-state index in [0.717, 1.165) is 22.4 Å². The maximum absolute atomic E-state index is 11.4. The third-order valence-corrected chi connectivity index (χ3v) is 5.40. The van der Waals surface area contributed by atoms with Gasteiger partial charge in [0, 0.05) is 18.3 Å². The first kappa shape index (κ1) is 19.6. The van der Waals surface area contributed by atoms with E-state index in [0.29, 0.717) is 0 Å². The summed E-state index contributed by atoms with van der Waals surface area (Å²) in [6, 6.07) is 29.5. The Morgan fingerprint density at radius 1 is 0.867 bits per heavy atom. The maximum atomic E-state index is 11.4. The van der Waals surface area contributed by atoms with Gasteiger partial charge in [0.25, 0.3) is 0 Å². The van der Waals surface area contributed by atoms with Gasteiger partial charge in [-0.2, -0.15) is 0 Å². The molecule has 0 amide bonds. The highest BCUT2D eigenvalue weighted by atomic mass is 16.4. The van der Waals surface area contributed by atoms with Crippen LogP contribution in [0, 0.1) is 0 Å². The third-order valence-electron chi connectivity index (χ3n) is 5.40. The van der Waals surface area contributed by atoms with Crippen molar-refractivity contribution < 1.29 is 9.90 Å². The monoisotopic (exact) mass is 397 g/mol. The molecule has 0 bridgehead atoms. The topological polar surface area (TPSA) is 81.1 Å². The van der Waals surface area contributed by atoms with Gasteiger partial charge < -0.3 is 15.4 Å². The van der Waals surface area contributed by atoms with Gasteiger partial charge in [0.15, 0.2) is 0 Å². The summed E-state index contributed by atoms with van der Waals surface area (Å²) in [6.45, 7) is 0. The lowest BCUT2D eigenvalue weighted by Gasteiger charge is -2.38. The Hall–Kier alpha value is -3.70. The standard InChI is InChI=1S/C25H23N3O2/c26-23(24(29)30)16-22-17-27-18-28(22)25(19-10-4-1-5-11-19,20-12-6-2-7-13-20)21-14-8-3-9-15-21/h1-15,17-18,23H,16,26H2,(H,29,30)/t23-/m0/s1. The van der Waals surface area contributed by atoms with Crippen LogP contribution in [0.5, 0.6) is 0 Å². The van der Waals surface area contributed by atoms with E-state index in [1.165, 1.54) is 0 Å². The van der Waals surface area contributed by atoms with Gasteiger partial charge in [-0.15, -0.1) is 0 Å². The van der Waals surface area contributed by atoms with Crippen LogP contribution in [0.2, 0.25) is 0 Å². The van der Waals surface area contributed by atoms with E-state index in [9.17, 15) is 9.90 Å².